The monoisotopic (exact) mass is 329 g/mol. The van der Waals surface area contributed by atoms with Crippen LogP contribution in [0.1, 0.15) is 12.8 Å². The van der Waals surface area contributed by atoms with E-state index in [1.54, 1.807) is 4.90 Å². The highest BCUT2D eigenvalue weighted by Gasteiger charge is 2.40. The lowest BCUT2D eigenvalue weighted by Gasteiger charge is -2.37. The number of amides is 1. The fraction of sp³-hybridized carbons (Fsp3) is 0.533. The van der Waals surface area contributed by atoms with Gasteiger partial charge in [-0.05, 0) is 18.2 Å². The average Bonchev–Trinajstić information content (AvgIpc) is 2.95. The smallest absolute Gasteiger partial charge is 0.260 e. The second-order valence-electron chi connectivity index (χ2n) is 5.35. The molecular weight excluding hydrogens is 313 g/mol. The van der Waals surface area contributed by atoms with E-state index in [9.17, 15) is 9.18 Å². The van der Waals surface area contributed by atoms with Gasteiger partial charge in [0.15, 0.2) is 12.4 Å². The Kier molecular flexibility index (Phi) is 4.52. The van der Waals surface area contributed by atoms with Crippen LogP contribution in [-0.4, -0.2) is 49.5 Å². The van der Waals surface area contributed by atoms with Crippen LogP contribution in [0.15, 0.2) is 18.2 Å². The minimum Gasteiger partial charge on any atom is -0.482 e. The quantitative estimate of drug-likeness (QED) is 0.853. The van der Waals surface area contributed by atoms with Crippen molar-refractivity contribution in [2.75, 3.05) is 32.9 Å². The summed E-state index contributed by atoms with van der Waals surface area (Å²) < 4.78 is 29.6. The zero-order chi connectivity index (χ0) is 15.6. The number of likely N-dealkylation sites (tertiary alicyclic amines) is 1. The van der Waals surface area contributed by atoms with Crippen LogP contribution in [0.2, 0.25) is 5.02 Å². The fourth-order valence-electron chi connectivity index (χ4n) is 2.71. The Balaban J connectivity index is 1.50. The number of carbonyl (C=O) groups is 1. The molecule has 1 aromatic rings. The average molecular weight is 330 g/mol. The molecule has 2 fully saturated rings. The van der Waals surface area contributed by atoms with Crippen LogP contribution in [0.3, 0.4) is 0 Å². The van der Waals surface area contributed by atoms with Crippen LogP contribution in [0.5, 0.6) is 5.75 Å². The van der Waals surface area contributed by atoms with Gasteiger partial charge in [-0.15, -0.1) is 0 Å². The molecule has 2 aliphatic heterocycles. The van der Waals surface area contributed by atoms with Gasteiger partial charge >= 0.3 is 0 Å². The maximum absolute atomic E-state index is 12.9. The molecule has 0 bridgehead atoms. The SMILES string of the molecule is O=C(COc1ccc(F)cc1Cl)N1CCC2(CC1)OCCO2. The Hall–Kier alpha value is -1.37. The standard InChI is InChI=1S/C15H17ClFNO4/c16-12-9-11(17)1-2-13(12)20-10-14(19)18-5-3-15(4-6-18)21-7-8-22-15/h1-2,9H,3-8,10H2. The van der Waals surface area contributed by atoms with E-state index in [0.717, 1.165) is 6.07 Å². The summed E-state index contributed by atoms with van der Waals surface area (Å²) in [7, 11) is 0. The maximum atomic E-state index is 12.9. The molecule has 120 valence electrons. The van der Waals surface area contributed by atoms with Crippen molar-refractivity contribution in [2.45, 2.75) is 18.6 Å². The molecule has 22 heavy (non-hydrogen) atoms. The van der Waals surface area contributed by atoms with E-state index in [2.05, 4.69) is 0 Å². The predicted octanol–water partition coefficient (Wildman–Crippen LogP) is 2.22. The van der Waals surface area contributed by atoms with E-state index in [0.29, 0.717) is 44.9 Å². The number of piperidine rings is 1. The molecule has 1 spiro atoms. The third kappa shape index (κ3) is 3.34. The molecular formula is C15H17ClFNO4. The number of nitrogens with zero attached hydrogens (tertiary/aromatic N) is 1. The fourth-order valence-corrected chi connectivity index (χ4v) is 2.93. The Labute approximate surface area is 132 Å². The van der Waals surface area contributed by atoms with E-state index in [-0.39, 0.29) is 17.5 Å². The Morgan fingerprint density at radius 1 is 1.32 bits per heavy atom. The molecule has 5 nitrogen and oxygen atoms in total. The van der Waals surface area contributed by atoms with E-state index in [1.165, 1.54) is 12.1 Å². The first-order chi connectivity index (χ1) is 10.6. The number of ether oxygens (including phenoxy) is 3. The molecule has 1 aromatic carbocycles. The largest absolute Gasteiger partial charge is 0.482 e. The number of benzene rings is 1. The number of hydrogen-bond acceptors (Lipinski definition) is 4. The van der Waals surface area contributed by atoms with Gasteiger partial charge in [0.25, 0.3) is 5.91 Å². The molecule has 0 unspecified atom stereocenters. The van der Waals surface area contributed by atoms with Gasteiger partial charge in [-0.3, -0.25) is 4.79 Å². The van der Waals surface area contributed by atoms with E-state index in [4.69, 9.17) is 25.8 Å². The van der Waals surface area contributed by atoms with Crippen molar-refractivity contribution in [1.82, 2.24) is 4.90 Å². The van der Waals surface area contributed by atoms with E-state index in [1.807, 2.05) is 0 Å². The minimum atomic E-state index is -0.502. The molecule has 2 heterocycles. The van der Waals surface area contributed by atoms with Crippen LogP contribution in [0.25, 0.3) is 0 Å². The second-order valence-corrected chi connectivity index (χ2v) is 5.76. The molecule has 3 rings (SSSR count). The van der Waals surface area contributed by atoms with Gasteiger partial charge in [-0.2, -0.15) is 0 Å². The van der Waals surface area contributed by atoms with Gasteiger partial charge in [0.2, 0.25) is 0 Å². The lowest BCUT2D eigenvalue weighted by molar-refractivity contribution is -0.187. The molecule has 2 saturated heterocycles. The Bertz CT molecular complexity index is 552. The summed E-state index contributed by atoms with van der Waals surface area (Å²) in [5, 5.41) is 0.151. The lowest BCUT2D eigenvalue weighted by atomic mass is 10.0. The van der Waals surface area contributed by atoms with Crippen molar-refractivity contribution in [2.24, 2.45) is 0 Å². The van der Waals surface area contributed by atoms with Crippen molar-refractivity contribution in [3.8, 4) is 5.75 Å². The van der Waals surface area contributed by atoms with Crippen molar-refractivity contribution in [3.63, 3.8) is 0 Å². The third-order valence-electron chi connectivity index (χ3n) is 3.94. The molecule has 2 aliphatic rings. The van der Waals surface area contributed by atoms with Crippen molar-refractivity contribution >= 4 is 17.5 Å². The van der Waals surface area contributed by atoms with Crippen LogP contribution < -0.4 is 4.74 Å². The number of rotatable bonds is 3. The van der Waals surface area contributed by atoms with Gasteiger partial charge in [0.05, 0.1) is 18.2 Å². The Morgan fingerprint density at radius 3 is 2.64 bits per heavy atom. The molecule has 0 aromatic heterocycles. The highest BCUT2D eigenvalue weighted by Crippen LogP contribution is 2.31. The molecule has 0 saturated carbocycles. The summed E-state index contributed by atoms with van der Waals surface area (Å²) in [5.74, 6) is -0.778. The van der Waals surface area contributed by atoms with Gasteiger partial charge in [0, 0.05) is 25.9 Å². The van der Waals surface area contributed by atoms with Gasteiger partial charge in [-0.1, -0.05) is 11.6 Å². The zero-order valence-electron chi connectivity index (χ0n) is 12.0. The first kappa shape index (κ1) is 15.5. The Morgan fingerprint density at radius 2 is 2.00 bits per heavy atom. The highest BCUT2D eigenvalue weighted by atomic mass is 35.5. The molecule has 0 N–H and O–H groups in total. The van der Waals surface area contributed by atoms with E-state index < -0.39 is 11.6 Å². The van der Waals surface area contributed by atoms with Gasteiger partial charge in [-0.25, -0.2) is 4.39 Å². The summed E-state index contributed by atoms with van der Waals surface area (Å²) in [6.45, 7) is 2.24. The van der Waals surface area contributed by atoms with Gasteiger partial charge in [0.1, 0.15) is 11.6 Å². The van der Waals surface area contributed by atoms with E-state index >= 15 is 0 Å². The first-order valence-corrected chi connectivity index (χ1v) is 7.59. The second kappa shape index (κ2) is 6.40. The highest BCUT2D eigenvalue weighted by molar-refractivity contribution is 6.32. The van der Waals surface area contributed by atoms with Crippen molar-refractivity contribution in [1.29, 1.82) is 0 Å². The lowest BCUT2D eigenvalue weighted by Crippen LogP contribution is -2.48. The molecule has 0 atom stereocenters. The maximum Gasteiger partial charge on any atom is 0.260 e. The number of halogens is 2. The summed E-state index contributed by atoms with van der Waals surface area (Å²) in [6, 6.07) is 3.81. The van der Waals surface area contributed by atoms with Gasteiger partial charge < -0.3 is 19.1 Å². The summed E-state index contributed by atoms with van der Waals surface area (Å²) in [6.07, 6.45) is 1.33. The zero-order valence-corrected chi connectivity index (χ0v) is 12.8. The molecule has 0 aliphatic carbocycles. The van der Waals surface area contributed by atoms with Crippen LogP contribution in [0, 0.1) is 5.82 Å². The summed E-state index contributed by atoms with van der Waals surface area (Å²) >= 11 is 5.86. The minimum absolute atomic E-state index is 0.125. The molecule has 1 amide bonds. The van der Waals surface area contributed by atoms with Crippen molar-refractivity contribution < 1.29 is 23.4 Å². The normalized spacial score (nSPS) is 20.4. The topological polar surface area (TPSA) is 48.0 Å². The predicted molar refractivity (Wildman–Crippen MR) is 77.4 cm³/mol. The van der Waals surface area contributed by atoms with Crippen LogP contribution in [-0.2, 0) is 14.3 Å². The van der Waals surface area contributed by atoms with Crippen LogP contribution >= 0.6 is 11.6 Å². The van der Waals surface area contributed by atoms with Crippen molar-refractivity contribution in [3.05, 3.63) is 29.0 Å². The first-order valence-electron chi connectivity index (χ1n) is 7.22. The van der Waals surface area contributed by atoms with Crippen LogP contribution in [0.4, 0.5) is 4.39 Å². The number of hydrogen-bond donors (Lipinski definition) is 0. The third-order valence-corrected chi connectivity index (χ3v) is 4.23. The molecule has 0 radical (unpaired) electrons. The summed E-state index contributed by atoms with van der Waals surface area (Å²) in [5.41, 5.74) is 0. The summed E-state index contributed by atoms with van der Waals surface area (Å²) in [4.78, 5) is 13.9. The molecule has 7 heteroatoms. The number of carbonyl (C=O) groups excluding carboxylic acids is 1.